The molecule has 0 saturated carbocycles. The third-order valence-corrected chi connectivity index (χ3v) is 3.53. The Kier molecular flexibility index (Phi) is 2.16. The maximum Gasteiger partial charge on any atom is 0.211 e. The number of nitrogens with one attached hydrogen (secondary N) is 1. The van der Waals surface area contributed by atoms with Crippen LogP contribution >= 0.6 is 0 Å². The lowest BCUT2D eigenvalue weighted by atomic mass is 9.81. The van der Waals surface area contributed by atoms with E-state index in [2.05, 4.69) is 15.5 Å². The second kappa shape index (κ2) is 3.60. The quantitative estimate of drug-likeness (QED) is 0.789. The van der Waals surface area contributed by atoms with Gasteiger partial charge in [0.25, 0.3) is 0 Å². The third kappa shape index (κ3) is 1.33. The predicted molar refractivity (Wildman–Crippen MR) is 68.0 cm³/mol. The predicted octanol–water partition coefficient (Wildman–Crippen LogP) is 1.17. The summed E-state index contributed by atoms with van der Waals surface area (Å²) in [5.41, 5.74) is 2.80. The molecule has 1 N–H and O–H groups in total. The number of amides is 1. The second-order valence-electron chi connectivity index (χ2n) is 4.70. The highest BCUT2D eigenvalue weighted by Gasteiger charge is 2.46. The molecular weight excluding hydrogens is 230 g/mol. The van der Waals surface area contributed by atoms with Gasteiger partial charge in [-0.2, -0.15) is 10.2 Å². The molecule has 2 aliphatic rings. The summed E-state index contributed by atoms with van der Waals surface area (Å²) in [5, 5.41) is 10.5. The Labute approximate surface area is 104 Å². The summed E-state index contributed by atoms with van der Waals surface area (Å²) >= 11 is 0. The number of fused-ring (bicyclic) bond motifs is 3. The minimum absolute atomic E-state index is 0.0198. The number of nitrogens with zero attached hydrogens (tertiary/aromatic N) is 2. The number of anilines is 1. The van der Waals surface area contributed by atoms with Crippen molar-refractivity contribution >= 4 is 29.8 Å². The fraction of sp³-hybridized carbons (Fsp3) is 0.231. The van der Waals surface area contributed by atoms with E-state index in [1.807, 2.05) is 19.1 Å². The van der Waals surface area contributed by atoms with Crippen LogP contribution in [0, 0.1) is 5.41 Å². The van der Waals surface area contributed by atoms with Crippen LogP contribution in [0.5, 0.6) is 0 Å². The zero-order valence-corrected chi connectivity index (χ0v) is 9.80. The molecule has 0 saturated heterocycles. The van der Waals surface area contributed by atoms with E-state index in [1.165, 1.54) is 6.21 Å². The average Bonchev–Trinajstić information content (AvgIpc) is 2.64. The largest absolute Gasteiger partial charge is 0.329 e. The molecule has 0 fully saturated rings. The minimum atomic E-state index is -0.607. The molecule has 0 spiro atoms. The van der Waals surface area contributed by atoms with Crippen molar-refractivity contribution in [1.29, 1.82) is 0 Å². The Morgan fingerprint density at radius 2 is 2.28 bits per heavy atom. The topological polar surface area (TPSA) is 70.9 Å². The van der Waals surface area contributed by atoms with Crippen molar-refractivity contribution in [3.63, 3.8) is 0 Å². The molecule has 1 aliphatic carbocycles. The highest BCUT2D eigenvalue weighted by atomic mass is 16.1. The minimum Gasteiger partial charge on any atom is -0.329 e. The number of carbonyl (C=O) groups is 2. The van der Waals surface area contributed by atoms with Crippen LogP contribution in [-0.2, 0) is 16.0 Å². The molecule has 0 radical (unpaired) electrons. The number of benzene rings is 1. The number of hydrogen-bond acceptors (Lipinski definition) is 4. The average molecular weight is 241 g/mol. The Hall–Kier alpha value is -2.30. The maximum absolute atomic E-state index is 12.0. The summed E-state index contributed by atoms with van der Waals surface area (Å²) in [6.45, 7) is 1.88. The number of hydrogen-bond donors (Lipinski definition) is 1. The van der Waals surface area contributed by atoms with Crippen LogP contribution in [0.4, 0.5) is 5.69 Å². The molecule has 1 heterocycles. The van der Waals surface area contributed by atoms with Crippen molar-refractivity contribution in [3.05, 3.63) is 29.3 Å². The van der Waals surface area contributed by atoms with Crippen LogP contribution in [0.15, 0.2) is 28.4 Å². The molecular formula is C13H11N3O2. The zero-order valence-electron chi connectivity index (χ0n) is 9.80. The van der Waals surface area contributed by atoms with E-state index in [-0.39, 0.29) is 5.78 Å². The van der Waals surface area contributed by atoms with Crippen LogP contribution in [0.25, 0.3) is 0 Å². The van der Waals surface area contributed by atoms with Gasteiger partial charge < -0.3 is 5.32 Å². The van der Waals surface area contributed by atoms with E-state index >= 15 is 0 Å². The monoisotopic (exact) mass is 241 g/mol. The van der Waals surface area contributed by atoms with E-state index in [0.717, 1.165) is 22.5 Å². The lowest BCUT2D eigenvalue weighted by molar-refractivity contribution is -0.117. The fourth-order valence-corrected chi connectivity index (χ4v) is 2.54. The van der Waals surface area contributed by atoms with E-state index in [1.54, 1.807) is 6.07 Å². The van der Waals surface area contributed by atoms with Gasteiger partial charge in [0.15, 0.2) is 5.78 Å². The first-order chi connectivity index (χ1) is 8.65. The lowest BCUT2D eigenvalue weighted by Crippen LogP contribution is -2.37. The molecule has 1 unspecified atom stereocenters. The molecule has 0 aromatic heterocycles. The number of ketones is 1. The summed E-state index contributed by atoms with van der Waals surface area (Å²) in [4.78, 5) is 22.4. The van der Waals surface area contributed by atoms with Crippen molar-refractivity contribution < 1.29 is 9.59 Å². The van der Waals surface area contributed by atoms with E-state index in [9.17, 15) is 9.59 Å². The Bertz CT molecular complexity index is 619. The Morgan fingerprint density at radius 3 is 3.06 bits per heavy atom. The summed E-state index contributed by atoms with van der Waals surface area (Å²) in [6.07, 6.45) is 2.51. The van der Waals surface area contributed by atoms with E-state index in [0.29, 0.717) is 12.8 Å². The molecule has 5 heteroatoms. The molecule has 18 heavy (non-hydrogen) atoms. The van der Waals surface area contributed by atoms with Gasteiger partial charge in [-0.25, -0.2) is 0 Å². The Morgan fingerprint density at radius 1 is 1.44 bits per heavy atom. The number of Topliss-reactive ketones (excluding diaryl/α,β-unsaturated/α-hetero) is 1. The normalized spacial score (nSPS) is 24.3. The fourth-order valence-electron chi connectivity index (χ4n) is 2.54. The van der Waals surface area contributed by atoms with Gasteiger partial charge in [-0.3, -0.25) is 9.59 Å². The van der Waals surface area contributed by atoms with Gasteiger partial charge >= 0.3 is 0 Å². The van der Waals surface area contributed by atoms with Crippen molar-refractivity contribution in [3.8, 4) is 0 Å². The molecule has 90 valence electrons. The van der Waals surface area contributed by atoms with Gasteiger partial charge in [0.05, 0.1) is 17.3 Å². The summed E-state index contributed by atoms with van der Waals surface area (Å²) < 4.78 is 0. The van der Waals surface area contributed by atoms with Crippen molar-refractivity contribution in [1.82, 2.24) is 0 Å². The van der Waals surface area contributed by atoms with Crippen molar-refractivity contribution in [2.75, 3.05) is 5.32 Å². The molecule has 1 atom stereocenters. The molecule has 5 nitrogen and oxygen atoms in total. The SMILES string of the molecule is CC12Cc3cc(NC=O)ccc3C1=NN=CC2=O. The van der Waals surface area contributed by atoms with Gasteiger partial charge in [0.2, 0.25) is 6.41 Å². The molecule has 1 aliphatic heterocycles. The number of carbonyl (C=O) groups excluding carboxylic acids is 2. The van der Waals surface area contributed by atoms with Gasteiger partial charge in [-0.1, -0.05) is 6.07 Å². The molecule has 1 aromatic carbocycles. The Balaban J connectivity index is 2.11. The molecule has 3 rings (SSSR count). The highest BCUT2D eigenvalue weighted by Crippen LogP contribution is 2.40. The summed E-state index contributed by atoms with van der Waals surface area (Å²) in [5.74, 6) is -0.0198. The maximum atomic E-state index is 12.0. The van der Waals surface area contributed by atoms with Crippen LogP contribution in [-0.4, -0.2) is 24.1 Å². The highest BCUT2D eigenvalue weighted by molar-refractivity contribution is 6.40. The van der Waals surface area contributed by atoms with Gasteiger partial charge in [0.1, 0.15) is 0 Å². The van der Waals surface area contributed by atoms with E-state index in [4.69, 9.17) is 0 Å². The van der Waals surface area contributed by atoms with Crippen molar-refractivity contribution in [2.45, 2.75) is 13.3 Å². The van der Waals surface area contributed by atoms with Gasteiger partial charge in [-0.15, -0.1) is 0 Å². The first kappa shape index (κ1) is 10.8. The van der Waals surface area contributed by atoms with Crippen LogP contribution in [0.1, 0.15) is 18.1 Å². The van der Waals surface area contributed by atoms with Gasteiger partial charge in [0, 0.05) is 11.3 Å². The summed E-state index contributed by atoms with van der Waals surface area (Å²) in [7, 11) is 0. The smallest absolute Gasteiger partial charge is 0.211 e. The summed E-state index contributed by atoms with van der Waals surface area (Å²) in [6, 6.07) is 5.55. The van der Waals surface area contributed by atoms with Crippen LogP contribution in [0.3, 0.4) is 0 Å². The molecule has 1 aromatic rings. The lowest BCUT2D eigenvalue weighted by Gasteiger charge is -2.22. The molecule has 0 bridgehead atoms. The van der Waals surface area contributed by atoms with Crippen LogP contribution < -0.4 is 5.32 Å². The van der Waals surface area contributed by atoms with Crippen LogP contribution in [0.2, 0.25) is 0 Å². The van der Waals surface area contributed by atoms with Gasteiger partial charge in [-0.05, 0) is 31.0 Å². The first-order valence-electron chi connectivity index (χ1n) is 5.64. The number of rotatable bonds is 2. The second-order valence-corrected chi connectivity index (χ2v) is 4.70. The zero-order chi connectivity index (χ0) is 12.8. The first-order valence-corrected chi connectivity index (χ1v) is 5.64. The molecule has 1 amide bonds. The third-order valence-electron chi connectivity index (χ3n) is 3.53. The standard InChI is InChI=1S/C13H11N3O2/c1-13-5-8-4-9(14-7-17)2-3-10(8)12(13)16-15-6-11(13)18/h2-4,6-7H,5H2,1H3,(H,14,17). The van der Waals surface area contributed by atoms with Crippen molar-refractivity contribution in [2.24, 2.45) is 15.6 Å². The van der Waals surface area contributed by atoms with E-state index < -0.39 is 5.41 Å².